The minimum Gasteiger partial charge on any atom is -0.374 e. The molecule has 1 aromatic rings. The number of nitrogens with zero attached hydrogens (tertiary/aromatic N) is 2. The van der Waals surface area contributed by atoms with E-state index in [0.717, 1.165) is 26.2 Å². The molecule has 2 heterocycles. The fraction of sp³-hybridized carbons (Fsp3) is 0.625. The second kappa shape index (κ2) is 3.69. The molecule has 1 N–H and O–H groups in total. The van der Waals surface area contributed by atoms with Gasteiger partial charge in [0.15, 0.2) is 0 Å². The lowest BCUT2D eigenvalue weighted by atomic mass is 10.3. The van der Waals surface area contributed by atoms with Gasteiger partial charge in [-0.3, -0.25) is 0 Å². The molecule has 1 aliphatic rings. The molecule has 1 saturated heterocycles. The standard InChI is InChI=1S/C8H13N3O/c1-3-11(7-10-1)6-8-5-9-2-4-12-8/h1,3,7-9H,2,4-6H2/t8-/m0/s1. The minimum absolute atomic E-state index is 0.299. The molecule has 0 bridgehead atoms. The molecule has 4 nitrogen and oxygen atoms in total. The van der Waals surface area contributed by atoms with E-state index >= 15 is 0 Å². The van der Waals surface area contributed by atoms with E-state index in [1.165, 1.54) is 0 Å². The molecule has 0 aromatic carbocycles. The molecule has 4 heteroatoms. The van der Waals surface area contributed by atoms with Gasteiger partial charge in [-0.1, -0.05) is 0 Å². The van der Waals surface area contributed by atoms with Crippen LogP contribution in [0.1, 0.15) is 0 Å². The quantitative estimate of drug-likeness (QED) is 0.667. The number of hydrogen-bond acceptors (Lipinski definition) is 3. The average Bonchev–Trinajstić information content (AvgIpc) is 2.59. The summed E-state index contributed by atoms with van der Waals surface area (Å²) in [4.78, 5) is 3.97. The summed E-state index contributed by atoms with van der Waals surface area (Å²) in [5.41, 5.74) is 0. The van der Waals surface area contributed by atoms with Crippen LogP contribution in [0.3, 0.4) is 0 Å². The van der Waals surface area contributed by atoms with Crippen LogP contribution in [-0.2, 0) is 11.3 Å². The van der Waals surface area contributed by atoms with Crippen molar-refractivity contribution in [1.29, 1.82) is 0 Å². The van der Waals surface area contributed by atoms with E-state index in [4.69, 9.17) is 4.74 Å². The Morgan fingerprint density at radius 3 is 3.33 bits per heavy atom. The molecule has 0 radical (unpaired) electrons. The molecule has 66 valence electrons. The molecular weight excluding hydrogens is 154 g/mol. The van der Waals surface area contributed by atoms with Gasteiger partial charge in [-0.25, -0.2) is 4.98 Å². The zero-order valence-electron chi connectivity index (χ0n) is 6.94. The van der Waals surface area contributed by atoms with Gasteiger partial charge in [0.25, 0.3) is 0 Å². The van der Waals surface area contributed by atoms with Crippen molar-refractivity contribution >= 4 is 0 Å². The number of nitrogens with one attached hydrogen (secondary N) is 1. The van der Waals surface area contributed by atoms with E-state index in [1.54, 1.807) is 6.20 Å². The summed E-state index contributed by atoms with van der Waals surface area (Å²) in [7, 11) is 0. The van der Waals surface area contributed by atoms with Crippen molar-refractivity contribution < 1.29 is 4.74 Å². The first kappa shape index (κ1) is 7.76. The average molecular weight is 167 g/mol. The fourth-order valence-electron chi connectivity index (χ4n) is 1.37. The second-order valence-electron chi connectivity index (χ2n) is 2.96. The van der Waals surface area contributed by atoms with Gasteiger partial charge in [0.2, 0.25) is 0 Å². The monoisotopic (exact) mass is 167 g/mol. The van der Waals surface area contributed by atoms with Gasteiger partial charge in [-0.2, -0.15) is 0 Å². The molecular formula is C8H13N3O. The van der Waals surface area contributed by atoms with E-state index in [9.17, 15) is 0 Å². The van der Waals surface area contributed by atoms with Gasteiger partial charge in [-0.15, -0.1) is 0 Å². The summed E-state index contributed by atoms with van der Waals surface area (Å²) >= 11 is 0. The summed E-state index contributed by atoms with van der Waals surface area (Å²) in [5.74, 6) is 0. The maximum atomic E-state index is 5.54. The van der Waals surface area contributed by atoms with Crippen LogP contribution < -0.4 is 5.32 Å². The number of rotatable bonds is 2. The first-order chi connectivity index (χ1) is 5.95. The van der Waals surface area contributed by atoms with Crippen molar-refractivity contribution in [3.8, 4) is 0 Å². The van der Waals surface area contributed by atoms with Crippen molar-refractivity contribution in [2.75, 3.05) is 19.7 Å². The van der Waals surface area contributed by atoms with Crippen LogP contribution in [0.2, 0.25) is 0 Å². The first-order valence-corrected chi connectivity index (χ1v) is 4.23. The summed E-state index contributed by atoms with van der Waals surface area (Å²) in [5, 5.41) is 3.29. The van der Waals surface area contributed by atoms with Gasteiger partial charge in [-0.05, 0) is 0 Å². The van der Waals surface area contributed by atoms with E-state index in [1.807, 2.05) is 17.1 Å². The second-order valence-corrected chi connectivity index (χ2v) is 2.96. The molecule has 2 rings (SSSR count). The van der Waals surface area contributed by atoms with Crippen molar-refractivity contribution in [3.05, 3.63) is 18.7 Å². The zero-order valence-corrected chi connectivity index (χ0v) is 6.94. The number of imidazole rings is 1. The summed E-state index contributed by atoms with van der Waals surface area (Å²) in [6, 6.07) is 0. The maximum absolute atomic E-state index is 5.54. The molecule has 1 aromatic heterocycles. The van der Waals surface area contributed by atoms with Crippen LogP contribution >= 0.6 is 0 Å². The van der Waals surface area contributed by atoms with Crippen LogP contribution in [0, 0.1) is 0 Å². The summed E-state index contributed by atoms with van der Waals surface area (Å²) in [6.45, 7) is 3.63. The molecule has 1 atom stereocenters. The lowest BCUT2D eigenvalue weighted by Gasteiger charge is -2.23. The molecule has 0 amide bonds. The van der Waals surface area contributed by atoms with E-state index in [-0.39, 0.29) is 0 Å². The third kappa shape index (κ3) is 1.84. The van der Waals surface area contributed by atoms with Gasteiger partial charge < -0.3 is 14.6 Å². The normalized spacial score (nSPS) is 24.2. The predicted molar refractivity (Wildman–Crippen MR) is 44.8 cm³/mol. The fourth-order valence-corrected chi connectivity index (χ4v) is 1.37. The topological polar surface area (TPSA) is 39.1 Å². The van der Waals surface area contributed by atoms with Crippen LogP contribution in [0.4, 0.5) is 0 Å². The zero-order chi connectivity index (χ0) is 8.23. The first-order valence-electron chi connectivity index (χ1n) is 4.23. The highest BCUT2D eigenvalue weighted by atomic mass is 16.5. The smallest absolute Gasteiger partial charge is 0.0946 e. The van der Waals surface area contributed by atoms with Crippen LogP contribution in [0.15, 0.2) is 18.7 Å². The number of aromatic nitrogens is 2. The maximum Gasteiger partial charge on any atom is 0.0946 e. The molecule has 0 saturated carbocycles. The predicted octanol–water partition coefficient (Wildman–Crippen LogP) is -0.129. The van der Waals surface area contributed by atoms with E-state index in [2.05, 4.69) is 10.3 Å². The lowest BCUT2D eigenvalue weighted by molar-refractivity contribution is 0.0182. The Hall–Kier alpha value is -0.870. The molecule has 0 spiro atoms. The number of morpholine rings is 1. The largest absolute Gasteiger partial charge is 0.374 e. The Labute approximate surface area is 71.6 Å². The molecule has 1 aliphatic heterocycles. The Kier molecular flexibility index (Phi) is 2.39. The molecule has 0 aliphatic carbocycles. The van der Waals surface area contributed by atoms with E-state index < -0.39 is 0 Å². The third-order valence-corrected chi connectivity index (χ3v) is 1.98. The Bertz CT molecular complexity index is 216. The summed E-state index contributed by atoms with van der Waals surface area (Å²) < 4.78 is 7.58. The Balaban J connectivity index is 1.86. The van der Waals surface area contributed by atoms with Gasteiger partial charge in [0.1, 0.15) is 0 Å². The third-order valence-electron chi connectivity index (χ3n) is 1.98. The lowest BCUT2D eigenvalue weighted by Crippen LogP contribution is -2.40. The highest BCUT2D eigenvalue weighted by molar-refractivity contribution is 4.77. The van der Waals surface area contributed by atoms with Crippen molar-refractivity contribution in [2.45, 2.75) is 12.6 Å². The Morgan fingerprint density at radius 2 is 2.67 bits per heavy atom. The van der Waals surface area contributed by atoms with Gasteiger partial charge in [0, 0.05) is 25.5 Å². The van der Waals surface area contributed by atoms with Crippen LogP contribution in [0.5, 0.6) is 0 Å². The SMILES string of the molecule is c1cn(C[C@@H]2CNCCO2)cn1. The molecule has 0 unspecified atom stereocenters. The molecule has 12 heavy (non-hydrogen) atoms. The minimum atomic E-state index is 0.299. The van der Waals surface area contributed by atoms with Gasteiger partial charge >= 0.3 is 0 Å². The highest BCUT2D eigenvalue weighted by Crippen LogP contribution is 1.99. The van der Waals surface area contributed by atoms with Crippen molar-refractivity contribution in [3.63, 3.8) is 0 Å². The van der Waals surface area contributed by atoms with Crippen LogP contribution in [-0.4, -0.2) is 35.4 Å². The van der Waals surface area contributed by atoms with E-state index in [0.29, 0.717) is 6.10 Å². The van der Waals surface area contributed by atoms with Crippen molar-refractivity contribution in [1.82, 2.24) is 14.9 Å². The highest BCUT2D eigenvalue weighted by Gasteiger charge is 2.12. The van der Waals surface area contributed by atoms with Crippen LogP contribution in [0.25, 0.3) is 0 Å². The number of ether oxygens (including phenoxy) is 1. The molecule has 1 fully saturated rings. The number of hydrogen-bond donors (Lipinski definition) is 1. The summed E-state index contributed by atoms with van der Waals surface area (Å²) in [6.07, 6.45) is 5.86. The Morgan fingerprint density at radius 1 is 1.67 bits per heavy atom. The van der Waals surface area contributed by atoms with Crippen molar-refractivity contribution in [2.24, 2.45) is 0 Å². The van der Waals surface area contributed by atoms with Gasteiger partial charge in [0.05, 0.1) is 25.6 Å².